The monoisotopic (exact) mass is 351 g/mol. The molecule has 136 valence electrons. The van der Waals surface area contributed by atoms with Crippen molar-refractivity contribution in [3.8, 4) is 0 Å². The van der Waals surface area contributed by atoms with Gasteiger partial charge in [-0.1, -0.05) is 0 Å². The minimum atomic E-state index is 0.197. The number of rotatable bonds is 5. The van der Waals surface area contributed by atoms with Gasteiger partial charge in [0.15, 0.2) is 5.82 Å². The van der Waals surface area contributed by atoms with E-state index in [-0.39, 0.29) is 5.91 Å². The van der Waals surface area contributed by atoms with Gasteiger partial charge in [0.2, 0.25) is 0 Å². The van der Waals surface area contributed by atoms with Crippen LogP contribution in [0.3, 0.4) is 0 Å². The van der Waals surface area contributed by atoms with Gasteiger partial charge in [-0.3, -0.25) is 9.89 Å². The molecule has 1 aliphatic heterocycles. The number of hydrogen-bond acceptors (Lipinski definition) is 3. The highest BCUT2D eigenvalue weighted by Crippen LogP contribution is 2.48. The smallest absolute Gasteiger partial charge is 0.255 e. The van der Waals surface area contributed by atoms with Gasteiger partial charge in [-0.2, -0.15) is 5.10 Å². The van der Waals surface area contributed by atoms with E-state index in [1.807, 2.05) is 12.3 Å². The lowest BCUT2D eigenvalue weighted by Crippen LogP contribution is -2.29. The molecule has 0 radical (unpaired) electrons. The van der Waals surface area contributed by atoms with Crippen LogP contribution in [0.15, 0.2) is 12.3 Å². The molecule has 4 fully saturated rings. The maximum atomic E-state index is 13.2. The Hall–Kier alpha value is -2.11. The van der Waals surface area contributed by atoms with Crippen LogP contribution in [0.4, 0.5) is 0 Å². The van der Waals surface area contributed by atoms with Crippen LogP contribution in [0.2, 0.25) is 0 Å². The minimum Gasteiger partial charge on any atom is -0.364 e. The summed E-state index contributed by atoms with van der Waals surface area (Å²) in [5.74, 6) is 4.93. The molecule has 26 heavy (non-hydrogen) atoms. The zero-order valence-corrected chi connectivity index (χ0v) is 14.9. The van der Waals surface area contributed by atoms with Crippen LogP contribution >= 0.6 is 0 Å². The second-order valence-corrected chi connectivity index (χ2v) is 8.75. The maximum Gasteiger partial charge on any atom is 0.255 e. The lowest BCUT2D eigenvalue weighted by atomic mass is 9.91. The van der Waals surface area contributed by atoms with Gasteiger partial charge in [-0.25, -0.2) is 4.98 Å². The van der Waals surface area contributed by atoms with Crippen LogP contribution in [-0.4, -0.2) is 44.1 Å². The Morgan fingerprint density at radius 2 is 1.88 bits per heavy atom. The number of amides is 1. The van der Waals surface area contributed by atoms with Crippen molar-refractivity contribution >= 4 is 5.91 Å². The summed E-state index contributed by atoms with van der Waals surface area (Å²) in [4.78, 5) is 23.4. The van der Waals surface area contributed by atoms with Crippen molar-refractivity contribution in [1.29, 1.82) is 0 Å². The molecule has 3 heterocycles. The molecule has 6 heteroatoms. The van der Waals surface area contributed by atoms with Crippen LogP contribution in [0.25, 0.3) is 0 Å². The Kier molecular flexibility index (Phi) is 3.14. The normalized spacial score (nSPS) is 28.7. The lowest BCUT2D eigenvalue weighted by Gasteiger charge is -2.16. The summed E-state index contributed by atoms with van der Waals surface area (Å²) >= 11 is 0. The minimum absolute atomic E-state index is 0.197. The van der Waals surface area contributed by atoms with Crippen LogP contribution in [-0.2, 0) is 0 Å². The van der Waals surface area contributed by atoms with Crippen LogP contribution in [0, 0.1) is 11.8 Å². The van der Waals surface area contributed by atoms with Gasteiger partial charge in [-0.15, -0.1) is 0 Å². The molecule has 2 N–H and O–H groups in total. The van der Waals surface area contributed by atoms with Crippen LogP contribution < -0.4 is 0 Å². The molecule has 0 aromatic carbocycles. The van der Waals surface area contributed by atoms with Crippen molar-refractivity contribution in [1.82, 2.24) is 25.1 Å². The average Bonchev–Trinajstić information content (AvgIpc) is 3.62. The highest BCUT2D eigenvalue weighted by atomic mass is 16.2. The number of H-pyrrole nitrogens is 2. The molecule has 4 aliphatic rings. The van der Waals surface area contributed by atoms with Crippen molar-refractivity contribution in [2.24, 2.45) is 11.8 Å². The molecular weight excluding hydrogens is 326 g/mol. The molecule has 0 spiro atoms. The first-order valence-corrected chi connectivity index (χ1v) is 10.2. The van der Waals surface area contributed by atoms with Crippen LogP contribution in [0.1, 0.15) is 84.0 Å². The Bertz CT molecular complexity index is 842. The second kappa shape index (κ2) is 5.44. The van der Waals surface area contributed by atoms with Gasteiger partial charge >= 0.3 is 0 Å². The van der Waals surface area contributed by atoms with E-state index in [4.69, 9.17) is 4.98 Å². The molecule has 2 atom stereocenters. The van der Waals surface area contributed by atoms with E-state index in [1.165, 1.54) is 38.5 Å². The van der Waals surface area contributed by atoms with E-state index in [9.17, 15) is 4.79 Å². The van der Waals surface area contributed by atoms with Crippen molar-refractivity contribution < 1.29 is 4.79 Å². The summed E-state index contributed by atoms with van der Waals surface area (Å²) < 4.78 is 0. The summed E-state index contributed by atoms with van der Waals surface area (Å²) in [5, 5.41) is 7.67. The molecule has 3 aliphatic carbocycles. The zero-order chi connectivity index (χ0) is 17.3. The number of nitrogens with one attached hydrogen (secondary N) is 2. The third kappa shape index (κ3) is 2.49. The Balaban J connectivity index is 1.26. The molecular formula is C20H25N5O. The van der Waals surface area contributed by atoms with Gasteiger partial charge in [-0.05, 0) is 62.3 Å². The largest absolute Gasteiger partial charge is 0.364 e. The predicted molar refractivity (Wildman–Crippen MR) is 96.0 cm³/mol. The first-order valence-electron chi connectivity index (χ1n) is 10.2. The fourth-order valence-electron chi connectivity index (χ4n) is 4.71. The quantitative estimate of drug-likeness (QED) is 0.869. The molecule has 6 nitrogen and oxygen atoms in total. The summed E-state index contributed by atoms with van der Waals surface area (Å²) in [6, 6.07) is 1.97. The van der Waals surface area contributed by atoms with Gasteiger partial charge in [0, 0.05) is 36.8 Å². The van der Waals surface area contributed by atoms with Crippen molar-refractivity contribution in [3.05, 3.63) is 35.2 Å². The summed E-state index contributed by atoms with van der Waals surface area (Å²) in [6.07, 6.45) is 9.36. The molecule has 6 rings (SSSR count). The van der Waals surface area contributed by atoms with Crippen molar-refractivity contribution in [2.45, 2.75) is 56.3 Å². The zero-order valence-electron chi connectivity index (χ0n) is 14.9. The van der Waals surface area contributed by atoms with Gasteiger partial charge in [0.05, 0.1) is 5.56 Å². The van der Waals surface area contributed by atoms with E-state index in [0.717, 1.165) is 41.9 Å². The molecule has 3 saturated carbocycles. The lowest BCUT2D eigenvalue weighted by molar-refractivity contribution is 0.0783. The molecule has 2 aromatic heterocycles. The number of aromatic nitrogens is 4. The number of nitrogens with zero attached hydrogens (tertiary/aromatic N) is 3. The molecule has 0 bridgehead atoms. The highest BCUT2D eigenvalue weighted by molar-refractivity contribution is 5.96. The second-order valence-electron chi connectivity index (χ2n) is 8.75. The summed E-state index contributed by atoms with van der Waals surface area (Å²) in [6.45, 7) is 1.64. The Labute approximate surface area is 152 Å². The predicted octanol–water partition coefficient (Wildman–Crippen LogP) is 3.15. The number of carbonyl (C=O) groups excluding carboxylic acids is 1. The SMILES string of the molecule is O=C(c1cc[nH]c1C1CC1)N1C[C@H](c2nc(C3CC3)n[nH]2)[C@@H](C2CC2)C1. The van der Waals surface area contributed by atoms with Gasteiger partial charge < -0.3 is 9.88 Å². The maximum absolute atomic E-state index is 13.2. The molecule has 0 unspecified atom stereocenters. The Morgan fingerprint density at radius 3 is 2.62 bits per heavy atom. The summed E-state index contributed by atoms with van der Waals surface area (Å²) in [5.41, 5.74) is 2.04. The number of likely N-dealkylation sites (tertiary alicyclic amines) is 1. The van der Waals surface area contributed by atoms with Crippen molar-refractivity contribution in [2.75, 3.05) is 13.1 Å². The number of hydrogen-bond donors (Lipinski definition) is 2. The summed E-state index contributed by atoms with van der Waals surface area (Å²) in [7, 11) is 0. The number of aromatic amines is 2. The first kappa shape index (κ1) is 15.0. The van der Waals surface area contributed by atoms with Crippen molar-refractivity contribution in [3.63, 3.8) is 0 Å². The van der Waals surface area contributed by atoms with E-state index < -0.39 is 0 Å². The average molecular weight is 351 g/mol. The third-order valence-corrected chi connectivity index (χ3v) is 6.69. The van der Waals surface area contributed by atoms with E-state index in [2.05, 4.69) is 20.1 Å². The van der Waals surface area contributed by atoms with E-state index >= 15 is 0 Å². The third-order valence-electron chi connectivity index (χ3n) is 6.69. The van der Waals surface area contributed by atoms with Crippen LogP contribution in [0.5, 0.6) is 0 Å². The molecule has 1 saturated heterocycles. The van der Waals surface area contributed by atoms with E-state index in [0.29, 0.717) is 23.7 Å². The topological polar surface area (TPSA) is 77.7 Å². The standard InChI is InChI=1S/C20H25N5O/c26-20(14-7-8-21-17(14)12-3-4-12)25-9-15(11-1-2-11)16(10-25)19-22-18(23-24-19)13-5-6-13/h7-8,11-13,15-16,21H,1-6,9-10H2,(H,22,23,24)/t15-,16+/m1/s1. The Morgan fingerprint density at radius 1 is 1.08 bits per heavy atom. The number of carbonyl (C=O) groups is 1. The highest BCUT2D eigenvalue weighted by Gasteiger charge is 2.46. The van der Waals surface area contributed by atoms with Gasteiger partial charge in [0.25, 0.3) is 5.91 Å². The first-order chi connectivity index (χ1) is 12.8. The fraction of sp³-hybridized carbons (Fsp3) is 0.650. The molecule has 2 aromatic rings. The fourth-order valence-corrected chi connectivity index (χ4v) is 4.71. The van der Waals surface area contributed by atoms with E-state index in [1.54, 1.807) is 0 Å². The molecule has 1 amide bonds. The van der Waals surface area contributed by atoms with Gasteiger partial charge in [0.1, 0.15) is 5.82 Å².